The topological polar surface area (TPSA) is 47.2 Å². The zero-order valence-electron chi connectivity index (χ0n) is 8.88. The number of rotatable bonds is 2. The number of nitrogens with zero attached hydrogens (tertiary/aromatic N) is 3. The molecular formula is C11H10BrN4S+. The fourth-order valence-corrected chi connectivity index (χ4v) is 3.05. The van der Waals surface area contributed by atoms with Gasteiger partial charge in [-0.2, -0.15) is 0 Å². The van der Waals surface area contributed by atoms with Crippen LogP contribution in [0, 0.1) is 0 Å². The molecule has 3 rings (SSSR count). The number of hydrogen-bond acceptors (Lipinski definition) is 3. The fourth-order valence-electron chi connectivity index (χ4n) is 1.70. The Kier molecular flexibility index (Phi) is 2.60. The highest BCUT2D eigenvalue weighted by Crippen LogP contribution is 2.22. The van der Waals surface area contributed by atoms with Crippen LogP contribution in [0.2, 0.25) is 0 Å². The first-order chi connectivity index (χ1) is 8.25. The molecule has 0 saturated heterocycles. The molecule has 3 aromatic heterocycles. The summed E-state index contributed by atoms with van der Waals surface area (Å²) in [7, 11) is 0. The molecule has 0 aliphatic heterocycles. The molecule has 0 saturated carbocycles. The molecule has 0 fully saturated rings. The Balaban J connectivity index is 2.03. The number of halogens is 1. The number of imidazole rings is 1. The summed E-state index contributed by atoms with van der Waals surface area (Å²) < 4.78 is 4.99. The fraction of sp³-hybridized carbons (Fsp3) is 0.0909. The maximum absolute atomic E-state index is 5.90. The standard InChI is InChI=1S/C11H9BrN4S/c12-10-8(14-11-16(10)5-6-17-11)7-15-4-2-1-3-9(15)13/h1-6,13H,7H2/p+1. The Labute approximate surface area is 110 Å². The van der Waals surface area contributed by atoms with Crippen LogP contribution in [0.3, 0.4) is 0 Å². The summed E-state index contributed by atoms with van der Waals surface area (Å²) in [4.78, 5) is 5.55. The van der Waals surface area contributed by atoms with Gasteiger partial charge in [-0.25, -0.2) is 9.55 Å². The lowest BCUT2D eigenvalue weighted by Gasteiger charge is -2.00. The lowest BCUT2D eigenvalue weighted by Crippen LogP contribution is -2.37. The lowest BCUT2D eigenvalue weighted by atomic mass is 10.4. The highest BCUT2D eigenvalue weighted by molar-refractivity contribution is 9.10. The van der Waals surface area contributed by atoms with Gasteiger partial charge >= 0.3 is 0 Å². The van der Waals surface area contributed by atoms with Crippen molar-refractivity contribution in [3.63, 3.8) is 0 Å². The number of pyridine rings is 1. The number of anilines is 1. The molecule has 0 aliphatic carbocycles. The highest BCUT2D eigenvalue weighted by atomic mass is 79.9. The summed E-state index contributed by atoms with van der Waals surface area (Å²) in [5, 5.41) is 2.01. The third-order valence-electron chi connectivity index (χ3n) is 2.57. The molecule has 0 amide bonds. The van der Waals surface area contributed by atoms with E-state index in [0.29, 0.717) is 6.54 Å². The third-order valence-corrected chi connectivity index (χ3v) is 4.16. The van der Waals surface area contributed by atoms with Crippen molar-refractivity contribution in [2.45, 2.75) is 6.54 Å². The van der Waals surface area contributed by atoms with Gasteiger partial charge in [0.05, 0.1) is 6.20 Å². The van der Waals surface area contributed by atoms with Crippen LogP contribution in [0.5, 0.6) is 0 Å². The van der Waals surface area contributed by atoms with Crippen LogP contribution < -0.4 is 10.3 Å². The normalized spacial score (nSPS) is 11.1. The summed E-state index contributed by atoms with van der Waals surface area (Å²) in [6, 6.07) is 5.77. The predicted molar refractivity (Wildman–Crippen MR) is 70.9 cm³/mol. The summed E-state index contributed by atoms with van der Waals surface area (Å²) in [5.41, 5.74) is 6.89. The minimum atomic E-state index is 0.668. The van der Waals surface area contributed by atoms with E-state index >= 15 is 0 Å². The van der Waals surface area contributed by atoms with Crippen LogP contribution in [-0.2, 0) is 6.54 Å². The van der Waals surface area contributed by atoms with Crippen LogP contribution in [0.25, 0.3) is 4.96 Å². The molecule has 6 heteroatoms. The van der Waals surface area contributed by atoms with Gasteiger partial charge in [0, 0.05) is 17.6 Å². The zero-order valence-corrected chi connectivity index (χ0v) is 11.3. The molecule has 86 valence electrons. The molecule has 17 heavy (non-hydrogen) atoms. The zero-order chi connectivity index (χ0) is 11.8. The van der Waals surface area contributed by atoms with Crippen molar-refractivity contribution in [3.05, 3.63) is 46.3 Å². The molecule has 0 aromatic carbocycles. The van der Waals surface area contributed by atoms with E-state index < -0.39 is 0 Å². The number of nitrogens with two attached hydrogens (primary N) is 1. The molecule has 0 unspecified atom stereocenters. The van der Waals surface area contributed by atoms with E-state index in [0.717, 1.165) is 21.1 Å². The Morgan fingerprint density at radius 2 is 2.35 bits per heavy atom. The number of fused-ring (bicyclic) bond motifs is 1. The van der Waals surface area contributed by atoms with Crippen molar-refractivity contribution in [2.75, 3.05) is 5.73 Å². The summed E-state index contributed by atoms with van der Waals surface area (Å²) in [6.07, 6.45) is 3.95. The monoisotopic (exact) mass is 309 g/mol. The third kappa shape index (κ3) is 1.83. The van der Waals surface area contributed by atoms with E-state index in [1.165, 1.54) is 0 Å². The smallest absolute Gasteiger partial charge is 0.272 e. The molecule has 0 atom stereocenters. The maximum atomic E-state index is 5.90. The van der Waals surface area contributed by atoms with Gasteiger partial charge in [-0.05, 0) is 22.0 Å². The molecule has 3 heterocycles. The second-order valence-electron chi connectivity index (χ2n) is 3.66. The van der Waals surface area contributed by atoms with Gasteiger partial charge in [0.1, 0.15) is 16.8 Å². The van der Waals surface area contributed by atoms with Crippen molar-refractivity contribution in [3.8, 4) is 0 Å². The van der Waals surface area contributed by atoms with Gasteiger partial charge in [0.2, 0.25) is 0 Å². The Morgan fingerprint density at radius 1 is 1.47 bits per heavy atom. The van der Waals surface area contributed by atoms with Crippen LogP contribution in [0.15, 0.2) is 40.6 Å². The second kappa shape index (κ2) is 4.12. The number of thiazole rings is 1. The van der Waals surface area contributed by atoms with Crippen molar-refractivity contribution < 1.29 is 4.57 Å². The number of aromatic nitrogens is 3. The van der Waals surface area contributed by atoms with Crippen molar-refractivity contribution >= 4 is 38.0 Å². The lowest BCUT2D eigenvalue weighted by molar-refractivity contribution is -0.674. The van der Waals surface area contributed by atoms with E-state index in [4.69, 9.17) is 5.73 Å². The summed E-state index contributed by atoms with van der Waals surface area (Å²) in [6.45, 7) is 0.668. The average molecular weight is 310 g/mol. The highest BCUT2D eigenvalue weighted by Gasteiger charge is 2.13. The molecule has 2 N–H and O–H groups in total. The van der Waals surface area contributed by atoms with Crippen LogP contribution in [-0.4, -0.2) is 9.38 Å². The Morgan fingerprint density at radius 3 is 3.12 bits per heavy atom. The van der Waals surface area contributed by atoms with E-state index in [1.54, 1.807) is 11.3 Å². The minimum absolute atomic E-state index is 0.668. The SMILES string of the molecule is Nc1cccc[n+]1Cc1nc2sccn2c1Br. The predicted octanol–water partition coefficient (Wildman–Crippen LogP) is 2.08. The summed E-state index contributed by atoms with van der Waals surface area (Å²) >= 11 is 5.18. The molecule has 0 aliphatic rings. The van der Waals surface area contributed by atoms with Gasteiger partial charge in [0.15, 0.2) is 4.96 Å². The van der Waals surface area contributed by atoms with E-state index in [1.807, 2.05) is 44.9 Å². The van der Waals surface area contributed by atoms with Gasteiger partial charge < -0.3 is 0 Å². The number of hydrogen-bond donors (Lipinski definition) is 1. The molecule has 0 bridgehead atoms. The van der Waals surface area contributed by atoms with Crippen molar-refractivity contribution in [1.82, 2.24) is 9.38 Å². The molecule has 3 aromatic rings. The largest absolute Gasteiger partial charge is 0.287 e. The Hall–Kier alpha value is -1.40. The molecular weight excluding hydrogens is 300 g/mol. The van der Waals surface area contributed by atoms with Crippen LogP contribution >= 0.6 is 27.3 Å². The van der Waals surface area contributed by atoms with Gasteiger partial charge in [-0.1, -0.05) is 6.07 Å². The maximum Gasteiger partial charge on any atom is 0.272 e. The van der Waals surface area contributed by atoms with Gasteiger partial charge in [0.25, 0.3) is 5.82 Å². The van der Waals surface area contributed by atoms with E-state index in [2.05, 4.69) is 20.9 Å². The molecule has 0 spiro atoms. The first-order valence-electron chi connectivity index (χ1n) is 5.09. The van der Waals surface area contributed by atoms with Crippen molar-refractivity contribution in [2.24, 2.45) is 0 Å². The van der Waals surface area contributed by atoms with Gasteiger partial charge in [-0.3, -0.25) is 10.1 Å². The van der Waals surface area contributed by atoms with Gasteiger partial charge in [-0.15, -0.1) is 11.3 Å². The quantitative estimate of drug-likeness (QED) is 0.737. The van der Waals surface area contributed by atoms with Crippen LogP contribution in [0.4, 0.5) is 5.82 Å². The van der Waals surface area contributed by atoms with E-state index in [-0.39, 0.29) is 0 Å². The van der Waals surface area contributed by atoms with Crippen molar-refractivity contribution in [1.29, 1.82) is 0 Å². The average Bonchev–Trinajstić information content (AvgIpc) is 2.87. The second-order valence-corrected chi connectivity index (χ2v) is 5.28. The number of nitrogen functional groups attached to an aromatic ring is 1. The first-order valence-corrected chi connectivity index (χ1v) is 6.77. The van der Waals surface area contributed by atoms with Crippen LogP contribution in [0.1, 0.15) is 5.69 Å². The summed E-state index contributed by atoms with van der Waals surface area (Å²) in [5.74, 6) is 0.732. The molecule has 4 nitrogen and oxygen atoms in total. The molecule has 0 radical (unpaired) electrons. The first kappa shape index (κ1) is 10.7. The Bertz CT molecular complexity index is 673. The minimum Gasteiger partial charge on any atom is -0.287 e. The van der Waals surface area contributed by atoms with E-state index in [9.17, 15) is 0 Å².